The van der Waals surface area contributed by atoms with E-state index in [0.717, 1.165) is 41.4 Å². The van der Waals surface area contributed by atoms with Gasteiger partial charge in [-0.2, -0.15) is 0 Å². The second-order valence-electron chi connectivity index (χ2n) is 16.6. The molecule has 16 nitrogen and oxygen atoms in total. The second-order valence-corrected chi connectivity index (χ2v) is 16.6. The molecule has 0 saturated carbocycles. The van der Waals surface area contributed by atoms with E-state index in [-0.39, 0.29) is 23.8 Å². The Kier molecular flexibility index (Phi) is 12.5. The number of benzene rings is 3. The summed E-state index contributed by atoms with van der Waals surface area (Å²) in [6.45, 7) is 2.10. The minimum absolute atomic E-state index is 0.0558. The van der Waals surface area contributed by atoms with E-state index in [1.165, 1.54) is 20.3 Å². The van der Waals surface area contributed by atoms with Crippen LogP contribution in [0, 0.1) is 11.7 Å². The summed E-state index contributed by atoms with van der Waals surface area (Å²) < 4.78 is 31.1. The molecule has 0 radical (unpaired) electrons. The van der Waals surface area contributed by atoms with Gasteiger partial charge in [-0.25, -0.2) is 28.9 Å². The Hall–Kier alpha value is -7.14. The Balaban J connectivity index is 0.884. The summed E-state index contributed by atoms with van der Waals surface area (Å²) in [7, 11) is 2.54. The molecule has 6 aromatic rings. The van der Waals surface area contributed by atoms with Crippen molar-refractivity contribution in [2.24, 2.45) is 5.92 Å². The fourth-order valence-corrected chi connectivity index (χ4v) is 9.34. The lowest BCUT2D eigenvalue weighted by Gasteiger charge is -2.34. The van der Waals surface area contributed by atoms with Crippen LogP contribution in [0.15, 0.2) is 91.3 Å². The van der Waals surface area contributed by atoms with Crippen molar-refractivity contribution in [3.63, 3.8) is 0 Å². The maximum absolute atomic E-state index is 15.9. The molecule has 0 spiro atoms. The van der Waals surface area contributed by atoms with Crippen molar-refractivity contribution in [2.75, 3.05) is 40.5 Å². The molecule has 4 N–H and O–H groups in total. The number of likely N-dealkylation sites (tertiary alicyclic amines) is 2. The Labute approximate surface area is 374 Å². The number of ether oxygens (including phenoxy) is 3. The van der Waals surface area contributed by atoms with Gasteiger partial charge in [0.05, 0.1) is 61.3 Å². The fourth-order valence-electron chi connectivity index (χ4n) is 9.34. The van der Waals surface area contributed by atoms with E-state index in [1.807, 2.05) is 47.4 Å². The van der Waals surface area contributed by atoms with Crippen LogP contribution in [-0.4, -0.2) is 105 Å². The van der Waals surface area contributed by atoms with Crippen molar-refractivity contribution >= 4 is 34.9 Å². The first-order chi connectivity index (χ1) is 31.7. The van der Waals surface area contributed by atoms with E-state index < -0.39 is 36.1 Å². The first-order valence-electron chi connectivity index (χ1n) is 21.9. The first kappa shape index (κ1) is 43.1. The number of amides is 4. The minimum atomic E-state index is -0.950. The molecule has 4 amide bonds. The fraction of sp³-hybridized carbons (Fsp3) is 0.354. The van der Waals surface area contributed by atoms with Crippen LogP contribution in [-0.2, 0) is 23.8 Å². The highest BCUT2D eigenvalue weighted by molar-refractivity contribution is 5.89. The molecule has 3 aromatic carbocycles. The number of pyridine rings is 1. The molecule has 3 saturated heterocycles. The molecule has 4 atom stereocenters. The molecule has 0 bridgehead atoms. The zero-order valence-electron chi connectivity index (χ0n) is 36.1. The summed E-state index contributed by atoms with van der Waals surface area (Å²) in [5.74, 6) is 0.253. The Morgan fingerprint density at radius 1 is 0.738 bits per heavy atom. The summed E-state index contributed by atoms with van der Waals surface area (Å²) in [4.78, 5) is 76.9. The van der Waals surface area contributed by atoms with E-state index in [0.29, 0.717) is 85.3 Å². The van der Waals surface area contributed by atoms with Crippen molar-refractivity contribution in [2.45, 2.75) is 62.7 Å². The number of hydrogen-bond donors (Lipinski definition) is 4. The zero-order valence-corrected chi connectivity index (χ0v) is 36.1. The molecular weight excluding hydrogens is 834 g/mol. The van der Waals surface area contributed by atoms with E-state index >= 15 is 4.39 Å². The summed E-state index contributed by atoms with van der Waals surface area (Å²) in [6.07, 6.45) is 6.26. The van der Waals surface area contributed by atoms with Gasteiger partial charge in [0.15, 0.2) is 0 Å². The molecule has 3 aliphatic rings. The van der Waals surface area contributed by atoms with Gasteiger partial charge < -0.3 is 44.6 Å². The number of alkyl carbamates (subject to hydrolysis) is 2. The third-order valence-corrected chi connectivity index (χ3v) is 12.7. The number of fused-ring (bicyclic) bond motifs is 1. The number of carbonyl (C=O) groups excluding carboxylic acids is 4. The van der Waals surface area contributed by atoms with Gasteiger partial charge in [0.1, 0.15) is 29.5 Å². The predicted molar refractivity (Wildman–Crippen MR) is 237 cm³/mol. The van der Waals surface area contributed by atoms with Crippen molar-refractivity contribution in [3.05, 3.63) is 114 Å². The maximum atomic E-state index is 15.9. The average Bonchev–Trinajstić information content (AvgIpc) is 4.20. The van der Waals surface area contributed by atoms with Crippen LogP contribution < -0.4 is 10.6 Å². The highest BCUT2D eigenvalue weighted by Gasteiger charge is 2.41. The normalized spacial score (nSPS) is 18.6. The largest absolute Gasteiger partial charge is 0.453 e. The number of carbonyl (C=O) groups is 4. The van der Waals surface area contributed by atoms with Gasteiger partial charge in [-0.15, -0.1) is 0 Å². The van der Waals surface area contributed by atoms with Crippen molar-refractivity contribution < 1.29 is 37.8 Å². The number of aromatic amines is 2. The Bertz CT molecular complexity index is 2700. The van der Waals surface area contributed by atoms with E-state index in [9.17, 15) is 19.2 Å². The van der Waals surface area contributed by atoms with Crippen molar-refractivity contribution in [1.82, 2.24) is 45.4 Å². The van der Waals surface area contributed by atoms with Crippen LogP contribution in [0.5, 0.6) is 0 Å². The molecule has 3 aliphatic heterocycles. The van der Waals surface area contributed by atoms with Gasteiger partial charge in [0.2, 0.25) is 5.91 Å². The smallest absolute Gasteiger partial charge is 0.407 e. The van der Waals surface area contributed by atoms with Crippen LogP contribution in [0.4, 0.5) is 14.0 Å². The summed E-state index contributed by atoms with van der Waals surface area (Å²) >= 11 is 0. The summed E-state index contributed by atoms with van der Waals surface area (Å²) in [5.41, 5.74) is 5.03. The number of nitrogens with zero attached hydrogens (tertiary/aromatic N) is 5. The SMILES string of the molecule is COC(=O)NC(C(=O)N1CCCC1c1ncc(-c2ccc(-c3ccc4cc(-c5cnc(C6CCCN6C(=O)C(NC(=O)OC)C6CCOCC6)[nH]5)ccc4n3)cc2F)[nH]1)c1ccccc1. The molecule has 4 unspecified atom stereocenters. The van der Waals surface area contributed by atoms with Crippen LogP contribution in [0.25, 0.3) is 44.7 Å². The lowest BCUT2D eigenvalue weighted by Crippen LogP contribution is -2.53. The Morgan fingerprint density at radius 2 is 1.38 bits per heavy atom. The van der Waals surface area contributed by atoms with Crippen LogP contribution >= 0.6 is 0 Å². The molecule has 0 aliphatic carbocycles. The minimum Gasteiger partial charge on any atom is -0.453 e. The van der Waals surface area contributed by atoms with Gasteiger partial charge in [-0.05, 0) is 80.3 Å². The molecule has 336 valence electrons. The lowest BCUT2D eigenvalue weighted by atomic mass is 9.90. The van der Waals surface area contributed by atoms with Crippen LogP contribution in [0.1, 0.15) is 73.9 Å². The number of rotatable bonds is 11. The number of H-pyrrole nitrogens is 2. The van der Waals surface area contributed by atoms with Gasteiger partial charge in [0, 0.05) is 48.4 Å². The monoisotopic (exact) mass is 883 g/mol. The first-order valence-corrected chi connectivity index (χ1v) is 21.9. The highest BCUT2D eigenvalue weighted by atomic mass is 19.1. The maximum Gasteiger partial charge on any atom is 0.407 e. The second kappa shape index (κ2) is 18.9. The lowest BCUT2D eigenvalue weighted by molar-refractivity contribution is -0.137. The molecule has 9 rings (SSSR count). The zero-order chi connectivity index (χ0) is 45.0. The van der Waals surface area contributed by atoms with Gasteiger partial charge in [0.25, 0.3) is 5.91 Å². The van der Waals surface area contributed by atoms with E-state index in [4.69, 9.17) is 24.2 Å². The number of aromatic nitrogens is 5. The molecule has 3 fully saturated rings. The van der Waals surface area contributed by atoms with Crippen molar-refractivity contribution in [3.8, 4) is 33.8 Å². The molecule has 17 heteroatoms. The highest BCUT2D eigenvalue weighted by Crippen LogP contribution is 2.37. The Morgan fingerprint density at radius 3 is 2.08 bits per heavy atom. The number of imidazole rings is 2. The molecular formula is C48H50FN9O7. The van der Waals surface area contributed by atoms with Crippen LogP contribution in [0.2, 0.25) is 0 Å². The van der Waals surface area contributed by atoms with E-state index in [2.05, 4.69) is 25.6 Å². The average molecular weight is 884 g/mol. The van der Waals surface area contributed by atoms with Gasteiger partial charge >= 0.3 is 12.2 Å². The van der Waals surface area contributed by atoms with Gasteiger partial charge in [-0.3, -0.25) is 9.59 Å². The third kappa shape index (κ3) is 9.00. The number of hydrogen-bond acceptors (Lipinski definition) is 10. The summed E-state index contributed by atoms with van der Waals surface area (Å²) in [6, 6.07) is 21.3. The van der Waals surface area contributed by atoms with Gasteiger partial charge in [-0.1, -0.05) is 48.5 Å². The quantitative estimate of drug-likeness (QED) is 0.102. The molecule has 3 aromatic heterocycles. The van der Waals surface area contributed by atoms with E-state index in [1.54, 1.807) is 47.6 Å². The standard InChI is InChI=1S/C48H50FN9O7/c1-63-47(61)55-41(28-8-4-3-5-9-28)45(59)58-21-7-11-40(58)44-51-27-38(54-44)33-15-12-32(25-34(33)49)36-16-13-30-24-31(14-17-35(30)52-36)37-26-50-43(53-37)39-10-6-20-57(39)46(60)42(56-48(62)64-2)29-18-22-65-23-19-29/h3-5,8-9,12-17,24-27,29,39-42H,6-7,10-11,18-23H2,1-2H3,(H,50,53)(H,51,54)(H,55,61)(H,56,62). The molecule has 6 heterocycles. The molecule has 65 heavy (non-hydrogen) atoms. The van der Waals surface area contributed by atoms with Crippen LogP contribution in [0.3, 0.4) is 0 Å². The number of methoxy groups -OCH3 is 2. The van der Waals surface area contributed by atoms with Crippen molar-refractivity contribution in [1.29, 1.82) is 0 Å². The topological polar surface area (TPSA) is 197 Å². The number of halogens is 1. The number of nitrogens with one attached hydrogen (secondary N) is 4. The summed E-state index contributed by atoms with van der Waals surface area (Å²) in [5, 5.41) is 6.35. The predicted octanol–water partition coefficient (Wildman–Crippen LogP) is 7.40. The third-order valence-electron chi connectivity index (χ3n) is 12.7.